The van der Waals surface area contributed by atoms with Crippen molar-refractivity contribution in [3.63, 3.8) is 0 Å². The fourth-order valence-corrected chi connectivity index (χ4v) is 6.31. The first-order valence-electron chi connectivity index (χ1n) is 20.9. The van der Waals surface area contributed by atoms with Crippen molar-refractivity contribution in [3.05, 3.63) is 170 Å². The van der Waals surface area contributed by atoms with Gasteiger partial charge in [-0.1, -0.05) is 157 Å². The molecular formula is C44H28O. The van der Waals surface area contributed by atoms with Crippen LogP contribution in [0.25, 0.3) is 88.0 Å². The topological polar surface area (TPSA) is 13.1 Å². The van der Waals surface area contributed by atoms with E-state index in [4.69, 9.17) is 16.8 Å². The lowest BCUT2D eigenvalue weighted by Crippen LogP contribution is -1.91. The highest BCUT2D eigenvalue weighted by Gasteiger charge is 2.19. The maximum absolute atomic E-state index is 9.29. The van der Waals surface area contributed by atoms with Crippen molar-refractivity contribution in [3.8, 4) is 44.5 Å². The van der Waals surface area contributed by atoms with Crippen LogP contribution in [0.1, 0.15) is 17.8 Å². The molecule has 210 valence electrons. The summed E-state index contributed by atoms with van der Waals surface area (Å²) in [6, 6.07) is 20.2. The molecule has 0 amide bonds. The lowest BCUT2D eigenvalue weighted by atomic mass is 9.85. The number of hydrogen-bond donors (Lipinski definition) is 0. The Hall–Kier alpha value is -5.92. The van der Waals surface area contributed by atoms with Gasteiger partial charge in [0, 0.05) is 16.3 Å². The van der Waals surface area contributed by atoms with Gasteiger partial charge < -0.3 is 4.42 Å². The highest BCUT2D eigenvalue weighted by atomic mass is 16.3. The first-order valence-corrected chi connectivity index (χ1v) is 14.4. The molecule has 0 bridgehead atoms. The predicted molar refractivity (Wildman–Crippen MR) is 190 cm³/mol. The highest BCUT2D eigenvalue weighted by molar-refractivity contribution is 6.22. The lowest BCUT2D eigenvalue weighted by molar-refractivity contribution is 0.670. The fourth-order valence-electron chi connectivity index (χ4n) is 6.31. The lowest BCUT2D eigenvalue weighted by Gasteiger charge is -2.18. The van der Waals surface area contributed by atoms with Crippen molar-refractivity contribution in [1.82, 2.24) is 0 Å². The quantitative estimate of drug-likeness (QED) is 0.187. The van der Waals surface area contributed by atoms with Crippen LogP contribution in [0.15, 0.2) is 174 Å². The molecule has 0 aliphatic rings. The Morgan fingerprint density at radius 3 is 1.67 bits per heavy atom. The Morgan fingerprint density at radius 1 is 0.400 bits per heavy atom. The zero-order valence-corrected chi connectivity index (χ0v) is 23.6. The summed E-state index contributed by atoms with van der Waals surface area (Å²) in [5.41, 5.74) is 4.31. The van der Waals surface area contributed by atoms with Crippen LogP contribution in [0.4, 0.5) is 0 Å². The minimum absolute atomic E-state index is 0.0672. The monoisotopic (exact) mass is 585 g/mol. The van der Waals surface area contributed by atoms with Crippen molar-refractivity contribution in [2.24, 2.45) is 0 Å². The normalized spacial score (nSPS) is 15.6. The molecule has 8 aromatic carbocycles. The molecule has 0 spiro atoms. The zero-order chi connectivity index (χ0) is 41.1. The minimum atomic E-state index is -0.715. The average Bonchev–Trinajstić information content (AvgIpc) is 3.64. The molecule has 0 aliphatic carbocycles. The Balaban J connectivity index is 1.44. The largest absolute Gasteiger partial charge is 0.455 e. The van der Waals surface area contributed by atoms with Crippen LogP contribution in [0.5, 0.6) is 0 Å². The Morgan fingerprint density at radius 2 is 0.956 bits per heavy atom. The Bertz CT molecular complexity index is 3150. The van der Waals surface area contributed by atoms with Gasteiger partial charge in [0.2, 0.25) is 0 Å². The summed E-state index contributed by atoms with van der Waals surface area (Å²) in [6.07, 6.45) is 0. The van der Waals surface area contributed by atoms with E-state index < -0.39 is 84.1 Å². The van der Waals surface area contributed by atoms with Gasteiger partial charge in [0.15, 0.2) is 0 Å². The van der Waals surface area contributed by atoms with Gasteiger partial charge in [0.25, 0.3) is 0 Å². The minimum Gasteiger partial charge on any atom is -0.455 e. The number of fused-ring (bicyclic) bond motifs is 5. The molecule has 0 radical (unpaired) electrons. The van der Waals surface area contributed by atoms with Gasteiger partial charge >= 0.3 is 0 Å². The van der Waals surface area contributed by atoms with Crippen molar-refractivity contribution in [1.29, 1.82) is 0 Å². The number of rotatable bonds is 4. The molecule has 0 saturated carbocycles. The third-order valence-corrected chi connectivity index (χ3v) is 8.19. The van der Waals surface area contributed by atoms with E-state index >= 15 is 0 Å². The van der Waals surface area contributed by atoms with Gasteiger partial charge in [0.1, 0.15) is 11.2 Å². The van der Waals surface area contributed by atoms with E-state index in [0.29, 0.717) is 22.3 Å². The van der Waals surface area contributed by atoms with Crippen molar-refractivity contribution >= 4 is 43.5 Å². The summed E-state index contributed by atoms with van der Waals surface area (Å²) in [7, 11) is 0. The van der Waals surface area contributed by atoms with Crippen LogP contribution >= 0.6 is 0 Å². The zero-order valence-electron chi connectivity index (χ0n) is 36.6. The van der Waals surface area contributed by atoms with Crippen LogP contribution in [-0.2, 0) is 0 Å². The van der Waals surface area contributed by atoms with E-state index in [1.165, 1.54) is 0 Å². The average molecular weight is 586 g/mol. The van der Waals surface area contributed by atoms with Crippen molar-refractivity contribution in [2.45, 2.75) is 0 Å². The molecule has 9 rings (SSSR count). The predicted octanol–water partition coefficient (Wildman–Crippen LogP) is 12.6. The second-order valence-corrected chi connectivity index (χ2v) is 10.7. The maximum Gasteiger partial charge on any atom is 0.143 e. The van der Waals surface area contributed by atoms with Gasteiger partial charge in [-0.25, -0.2) is 0 Å². The number of furan rings is 1. The first-order chi connectivity index (χ1) is 27.7. The third-order valence-electron chi connectivity index (χ3n) is 8.19. The fraction of sp³-hybridized carbons (Fsp3) is 0. The number of benzene rings is 8. The summed E-state index contributed by atoms with van der Waals surface area (Å²) in [6.45, 7) is 0. The second kappa shape index (κ2) is 10.4. The second-order valence-electron chi connectivity index (χ2n) is 10.7. The molecule has 0 N–H and O–H groups in total. The summed E-state index contributed by atoms with van der Waals surface area (Å²) in [5, 5.41) is 0.906. The first kappa shape index (κ1) is 15.7. The van der Waals surface area contributed by atoms with Crippen LogP contribution in [-0.4, -0.2) is 0 Å². The molecule has 45 heavy (non-hydrogen) atoms. The van der Waals surface area contributed by atoms with Gasteiger partial charge in [-0.15, -0.1) is 0 Å². The van der Waals surface area contributed by atoms with Gasteiger partial charge in [-0.2, -0.15) is 0 Å². The Labute approximate surface area is 279 Å². The molecular weight excluding hydrogens is 544 g/mol. The third kappa shape index (κ3) is 4.09. The van der Waals surface area contributed by atoms with E-state index in [-0.39, 0.29) is 32.7 Å². The molecule has 1 aromatic heterocycles. The molecule has 0 saturated heterocycles. The van der Waals surface area contributed by atoms with Crippen LogP contribution < -0.4 is 0 Å². The van der Waals surface area contributed by atoms with Crippen molar-refractivity contribution in [2.75, 3.05) is 0 Å². The summed E-state index contributed by atoms with van der Waals surface area (Å²) in [4.78, 5) is 0. The molecule has 0 aliphatic heterocycles. The summed E-state index contributed by atoms with van der Waals surface area (Å²) < 4.78 is 121. The molecule has 1 heteroatoms. The molecule has 9 aromatic rings. The van der Waals surface area contributed by atoms with Gasteiger partial charge in [0.05, 0.1) is 17.8 Å². The molecule has 0 unspecified atom stereocenters. The van der Waals surface area contributed by atoms with Gasteiger partial charge in [-0.05, 0) is 72.6 Å². The Kier molecular flexibility index (Phi) is 3.62. The van der Waals surface area contributed by atoms with Crippen LogP contribution in [0.3, 0.4) is 0 Å². The SMILES string of the molecule is [2H]c1c([2H])c([2H])c(-c2c3c([2H])c([2H])c([2H])c([2H])c3c(-c3cccc(-c4cccc5oc6c(-c7ccccc7)cccc6c45)c3)c3c([2H])c([2H])c([2H])c([2H])c23)c([2H])c1[2H]. The van der Waals surface area contributed by atoms with E-state index in [9.17, 15) is 5.48 Å². The molecule has 1 nitrogen and oxygen atoms in total. The summed E-state index contributed by atoms with van der Waals surface area (Å²) in [5.74, 6) is 0. The van der Waals surface area contributed by atoms with Gasteiger partial charge in [-0.3, -0.25) is 0 Å². The highest BCUT2D eigenvalue weighted by Crippen LogP contribution is 2.45. The molecule has 1 heterocycles. The number of para-hydroxylation sites is 1. The van der Waals surface area contributed by atoms with Crippen molar-refractivity contribution < 1.29 is 22.2 Å². The standard InChI is InChI=1S/C44H28O/c1-3-14-29(15-4-1)34-25-12-26-39-43-33(24-13-27-40(43)45-44(34)39)31-18-11-19-32(28-31)42-37-22-9-7-20-35(37)41(30-16-5-2-6-17-30)36-21-8-10-23-38(36)42/h1-28H/i2D,5D,6D,7D,8D,9D,10D,16D,17D,20D,21D,22D,23D. The molecule has 0 atom stereocenters. The van der Waals surface area contributed by atoms with E-state index in [1.54, 1.807) is 18.2 Å². The van der Waals surface area contributed by atoms with E-state index in [1.807, 2.05) is 72.8 Å². The van der Waals surface area contributed by atoms with E-state index in [2.05, 4.69) is 0 Å². The molecule has 0 fully saturated rings. The van der Waals surface area contributed by atoms with E-state index in [0.717, 1.165) is 27.5 Å². The number of hydrogen-bond acceptors (Lipinski definition) is 1. The maximum atomic E-state index is 9.29. The van der Waals surface area contributed by atoms with Crippen LogP contribution in [0.2, 0.25) is 0 Å². The summed E-state index contributed by atoms with van der Waals surface area (Å²) >= 11 is 0. The van der Waals surface area contributed by atoms with Crippen LogP contribution in [0, 0.1) is 0 Å². The smallest absolute Gasteiger partial charge is 0.143 e.